The Hall–Kier alpha value is -2.95. The van der Waals surface area contributed by atoms with Crippen LogP contribution in [0.5, 0.6) is 0 Å². The van der Waals surface area contributed by atoms with E-state index in [2.05, 4.69) is 16.0 Å². The van der Waals surface area contributed by atoms with E-state index in [0.29, 0.717) is 0 Å². The van der Waals surface area contributed by atoms with Crippen molar-refractivity contribution < 1.29 is 38.7 Å². The molecule has 0 spiro atoms. The van der Waals surface area contributed by atoms with Gasteiger partial charge in [-0.2, -0.15) is 0 Å². The number of carboxylic acids is 1. The van der Waals surface area contributed by atoms with Crippen molar-refractivity contribution in [3.05, 3.63) is 0 Å². The van der Waals surface area contributed by atoms with Crippen LogP contribution in [0.15, 0.2) is 0 Å². The van der Waals surface area contributed by atoms with Crippen molar-refractivity contribution in [1.29, 1.82) is 0 Å². The standard InChI is InChI=1S/C20H31N3O8/c1-11(24)5-7-14(13(3)26)22-19(29)16(8-6-12(2)25)23-18(28)15(21-4)9-10-17(27)20(30)31/h14-16,21H,5-10H2,1-4H3,(H,22,29)(H,23,28)(H,30,31). The lowest BCUT2D eigenvalue weighted by Crippen LogP contribution is -2.54. The lowest BCUT2D eigenvalue weighted by atomic mass is 10.0. The first kappa shape index (κ1) is 28.1. The van der Waals surface area contributed by atoms with Gasteiger partial charge < -0.3 is 30.6 Å². The molecule has 0 radical (unpaired) electrons. The minimum absolute atomic E-state index is 0.00172. The van der Waals surface area contributed by atoms with E-state index in [9.17, 15) is 33.6 Å². The summed E-state index contributed by atoms with van der Waals surface area (Å²) in [6.07, 6.45) is -0.305. The number of amides is 2. The molecule has 0 aliphatic heterocycles. The van der Waals surface area contributed by atoms with E-state index in [1.807, 2.05) is 0 Å². The van der Waals surface area contributed by atoms with Crippen LogP contribution in [-0.4, -0.2) is 71.2 Å². The number of hydrogen-bond donors (Lipinski definition) is 4. The SMILES string of the molecule is CNC(CCC(=O)C(=O)O)C(=O)NC(CCC(C)=O)C(=O)NC(CCC(C)=O)C(C)=O. The second-order valence-electron chi connectivity index (χ2n) is 7.32. The molecular formula is C20H31N3O8. The highest BCUT2D eigenvalue weighted by atomic mass is 16.4. The lowest BCUT2D eigenvalue weighted by molar-refractivity contribution is -0.149. The molecule has 0 rings (SSSR count). The molecule has 11 nitrogen and oxygen atoms in total. The topological polar surface area (TPSA) is 176 Å². The van der Waals surface area contributed by atoms with E-state index in [1.165, 1.54) is 27.8 Å². The average molecular weight is 441 g/mol. The van der Waals surface area contributed by atoms with Crippen LogP contribution in [0.1, 0.15) is 59.3 Å². The maximum atomic E-state index is 12.7. The average Bonchev–Trinajstić information content (AvgIpc) is 2.67. The first-order valence-electron chi connectivity index (χ1n) is 9.92. The smallest absolute Gasteiger partial charge is 0.372 e. The van der Waals surface area contributed by atoms with Crippen molar-refractivity contribution in [3.63, 3.8) is 0 Å². The summed E-state index contributed by atoms with van der Waals surface area (Å²) in [5.74, 6) is -4.70. The van der Waals surface area contributed by atoms with Crippen LogP contribution >= 0.6 is 0 Å². The molecule has 0 aromatic heterocycles. The van der Waals surface area contributed by atoms with Crippen LogP contribution < -0.4 is 16.0 Å². The van der Waals surface area contributed by atoms with Crippen molar-refractivity contribution >= 4 is 40.9 Å². The van der Waals surface area contributed by atoms with Crippen molar-refractivity contribution in [2.75, 3.05) is 7.05 Å². The third-order valence-electron chi connectivity index (χ3n) is 4.57. The van der Waals surface area contributed by atoms with Crippen LogP contribution in [0, 0.1) is 0 Å². The van der Waals surface area contributed by atoms with Gasteiger partial charge >= 0.3 is 5.97 Å². The Labute approximate surface area is 180 Å². The minimum Gasteiger partial charge on any atom is -0.476 e. The molecule has 3 atom stereocenters. The van der Waals surface area contributed by atoms with E-state index in [-0.39, 0.29) is 55.9 Å². The number of carbonyl (C=O) groups is 7. The van der Waals surface area contributed by atoms with Gasteiger partial charge in [0, 0.05) is 19.3 Å². The van der Waals surface area contributed by atoms with Gasteiger partial charge in [-0.15, -0.1) is 0 Å². The van der Waals surface area contributed by atoms with Crippen molar-refractivity contribution in [1.82, 2.24) is 16.0 Å². The van der Waals surface area contributed by atoms with Crippen LogP contribution in [-0.2, 0) is 33.6 Å². The van der Waals surface area contributed by atoms with Gasteiger partial charge in [0.2, 0.25) is 17.6 Å². The largest absolute Gasteiger partial charge is 0.476 e. The fourth-order valence-electron chi connectivity index (χ4n) is 2.67. The Morgan fingerprint density at radius 3 is 1.52 bits per heavy atom. The first-order valence-corrected chi connectivity index (χ1v) is 9.92. The van der Waals surface area contributed by atoms with Gasteiger partial charge in [-0.3, -0.25) is 19.2 Å². The molecule has 2 amide bonds. The Morgan fingerprint density at radius 1 is 0.677 bits per heavy atom. The summed E-state index contributed by atoms with van der Waals surface area (Å²) in [6.45, 7) is 3.96. The van der Waals surface area contributed by atoms with E-state index in [4.69, 9.17) is 5.11 Å². The third kappa shape index (κ3) is 11.7. The zero-order valence-corrected chi connectivity index (χ0v) is 18.3. The molecule has 0 fully saturated rings. The van der Waals surface area contributed by atoms with Crippen molar-refractivity contribution in [3.8, 4) is 0 Å². The molecule has 0 saturated carbocycles. The van der Waals surface area contributed by atoms with Crippen LogP contribution in [0.3, 0.4) is 0 Å². The zero-order chi connectivity index (χ0) is 24.1. The molecule has 0 aromatic rings. The number of hydrogen-bond acceptors (Lipinski definition) is 8. The highest BCUT2D eigenvalue weighted by Gasteiger charge is 2.28. The summed E-state index contributed by atoms with van der Waals surface area (Å²) in [4.78, 5) is 81.5. The summed E-state index contributed by atoms with van der Waals surface area (Å²) in [5, 5.41) is 16.3. The molecular weight excluding hydrogens is 410 g/mol. The lowest BCUT2D eigenvalue weighted by Gasteiger charge is -2.24. The second-order valence-corrected chi connectivity index (χ2v) is 7.32. The first-order chi connectivity index (χ1) is 14.4. The highest BCUT2D eigenvalue weighted by molar-refractivity contribution is 6.32. The van der Waals surface area contributed by atoms with Gasteiger partial charge in [-0.25, -0.2) is 4.79 Å². The van der Waals surface area contributed by atoms with Gasteiger partial charge in [0.25, 0.3) is 0 Å². The van der Waals surface area contributed by atoms with Gasteiger partial charge in [0.1, 0.15) is 17.6 Å². The fraction of sp³-hybridized carbons (Fsp3) is 0.650. The van der Waals surface area contributed by atoms with Gasteiger partial charge in [0.15, 0.2) is 5.78 Å². The molecule has 4 N–H and O–H groups in total. The van der Waals surface area contributed by atoms with Crippen LogP contribution in [0.25, 0.3) is 0 Å². The second kappa shape index (κ2) is 14.1. The molecule has 31 heavy (non-hydrogen) atoms. The summed E-state index contributed by atoms with van der Waals surface area (Å²) in [7, 11) is 1.44. The maximum absolute atomic E-state index is 12.7. The summed E-state index contributed by atoms with van der Waals surface area (Å²) in [6, 6.07) is -3.00. The summed E-state index contributed by atoms with van der Waals surface area (Å²) < 4.78 is 0. The van der Waals surface area contributed by atoms with Crippen molar-refractivity contribution in [2.45, 2.75) is 77.4 Å². The quantitative estimate of drug-likeness (QED) is 0.226. The van der Waals surface area contributed by atoms with Gasteiger partial charge in [0.05, 0.1) is 12.1 Å². The molecule has 0 saturated heterocycles. The number of nitrogens with one attached hydrogen (secondary N) is 3. The number of carbonyl (C=O) groups excluding carboxylic acids is 6. The Kier molecular flexibility index (Phi) is 12.8. The molecule has 0 heterocycles. The number of ketones is 4. The molecule has 174 valence electrons. The number of Topliss-reactive ketones (excluding diaryl/α,β-unsaturated/α-hetero) is 4. The van der Waals surface area contributed by atoms with Crippen LogP contribution in [0.4, 0.5) is 0 Å². The fourth-order valence-corrected chi connectivity index (χ4v) is 2.67. The Morgan fingerprint density at radius 2 is 1.10 bits per heavy atom. The zero-order valence-electron chi connectivity index (χ0n) is 18.3. The van der Waals surface area contributed by atoms with Crippen LogP contribution in [0.2, 0.25) is 0 Å². The minimum atomic E-state index is -1.60. The predicted molar refractivity (Wildman–Crippen MR) is 109 cm³/mol. The number of carboxylic acid groups (broad SMARTS) is 1. The van der Waals surface area contributed by atoms with E-state index >= 15 is 0 Å². The number of rotatable bonds is 16. The molecule has 3 unspecified atom stereocenters. The Balaban J connectivity index is 5.26. The summed E-state index contributed by atoms with van der Waals surface area (Å²) in [5.41, 5.74) is 0. The van der Waals surface area contributed by atoms with E-state index < -0.39 is 41.7 Å². The monoisotopic (exact) mass is 441 g/mol. The van der Waals surface area contributed by atoms with E-state index in [0.717, 1.165) is 0 Å². The molecule has 0 bridgehead atoms. The third-order valence-corrected chi connectivity index (χ3v) is 4.57. The van der Waals surface area contributed by atoms with Gasteiger partial charge in [-0.1, -0.05) is 0 Å². The predicted octanol–water partition coefficient (Wildman–Crippen LogP) is -0.695. The Bertz CT molecular complexity index is 719. The normalized spacial score (nSPS) is 13.4. The number of aliphatic carboxylic acids is 1. The summed E-state index contributed by atoms with van der Waals surface area (Å²) >= 11 is 0. The maximum Gasteiger partial charge on any atom is 0.372 e. The van der Waals surface area contributed by atoms with Crippen molar-refractivity contribution in [2.24, 2.45) is 0 Å². The number of likely N-dealkylation sites (N-methyl/N-ethyl adjacent to an activating group) is 1. The molecule has 11 heteroatoms. The highest BCUT2D eigenvalue weighted by Crippen LogP contribution is 2.06. The molecule has 0 aliphatic rings. The molecule has 0 aromatic carbocycles. The van der Waals surface area contributed by atoms with E-state index in [1.54, 1.807) is 0 Å². The van der Waals surface area contributed by atoms with Gasteiger partial charge in [-0.05, 0) is 47.1 Å². The molecule has 0 aliphatic carbocycles.